The molecule has 0 spiro atoms. The molecule has 10 heavy (non-hydrogen) atoms. The minimum Gasteiger partial charge on any atom is -0.463 e. The molecule has 0 aliphatic rings. The molecular formula is C8H9NO. The third-order valence-corrected chi connectivity index (χ3v) is 0.980. The summed E-state index contributed by atoms with van der Waals surface area (Å²) in [6.45, 7) is 1.92. The van der Waals surface area contributed by atoms with Crippen LogP contribution in [0.2, 0.25) is 0 Å². The Bertz CT molecular complexity index is 221. The second-order valence-corrected chi connectivity index (χ2v) is 1.78. The molecule has 0 aromatic carbocycles. The molecule has 1 aromatic heterocycles. The molecule has 52 valence electrons. The lowest BCUT2D eigenvalue weighted by molar-refractivity contribution is 0.560. The third kappa shape index (κ3) is 1.90. The van der Waals surface area contributed by atoms with Crippen molar-refractivity contribution in [2.75, 3.05) is 0 Å². The van der Waals surface area contributed by atoms with Crippen LogP contribution in [0.3, 0.4) is 0 Å². The monoisotopic (exact) mass is 135 g/mol. The van der Waals surface area contributed by atoms with Gasteiger partial charge in [-0.05, 0) is 19.1 Å². The molecule has 0 N–H and O–H groups in total. The Kier molecular flexibility index (Phi) is 2.49. The van der Waals surface area contributed by atoms with Crippen LogP contribution in [0, 0.1) is 0 Å². The molecule has 2 heteroatoms. The van der Waals surface area contributed by atoms with Crippen LogP contribution in [0.1, 0.15) is 12.7 Å². The number of furan rings is 1. The minimum atomic E-state index is 0.776. The second-order valence-electron chi connectivity index (χ2n) is 1.78. The van der Waals surface area contributed by atoms with Crippen LogP contribution in [-0.4, -0.2) is 6.21 Å². The maximum absolute atomic E-state index is 5.00. The quantitative estimate of drug-likeness (QED) is 0.571. The first-order valence-electron chi connectivity index (χ1n) is 3.11. The van der Waals surface area contributed by atoms with Crippen molar-refractivity contribution < 1.29 is 4.42 Å². The number of hydrogen-bond acceptors (Lipinski definition) is 2. The average molecular weight is 135 g/mol. The topological polar surface area (TPSA) is 25.5 Å². The summed E-state index contributed by atoms with van der Waals surface area (Å²) in [5.74, 6) is 0.776. The first-order chi connectivity index (χ1) is 4.93. The Balaban J connectivity index is 2.55. The predicted molar refractivity (Wildman–Crippen MR) is 41.1 cm³/mol. The van der Waals surface area contributed by atoms with Crippen LogP contribution in [0.15, 0.2) is 40.1 Å². The van der Waals surface area contributed by atoms with E-state index in [0.29, 0.717) is 0 Å². The first kappa shape index (κ1) is 6.81. The summed E-state index contributed by atoms with van der Waals surface area (Å²) in [6, 6.07) is 3.68. The maximum atomic E-state index is 5.00. The lowest BCUT2D eigenvalue weighted by atomic mass is 10.5. The SMILES string of the molecule is C/C=C/N=Cc1ccco1. The van der Waals surface area contributed by atoms with Gasteiger partial charge in [0.25, 0.3) is 0 Å². The highest BCUT2D eigenvalue weighted by atomic mass is 16.3. The van der Waals surface area contributed by atoms with Gasteiger partial charge in [0.1, 0.15) is 5.76 Å². The largest absolute Gasteiger partial charge is 0.463 e. The van der Waals surface area contributed by atoms with Crippen molar-refractivity contribution in [2.24, 2.45) is 4.99 Å². The number of rotatable bonds is 2. The Morgan fingerprint density at radius 3 is 3.10 bits per heavy atom. The fourth-order valence-corrected chi connectivity index (χ4v) is 0.567. The highest BCUT2D eigenvalue weighted by molar-refractivity contribution is 5.76. The fourth-order valence-electron chi connectivity index (χ4n) is 0.567. The van der Waals surface area contributed by atoms with Crippen molar-refractivity contribution in [1.82, 2.24) is 0 Å². The van der Waals surface area contributed by atoms with Gasteiger partial charge in [0.05, 0.1) is 12.5 Å². The number of hydrogen-bond donors (Lipinski definition) is 0. The lowest BCUT2D eigenvalue weighted by Gasteiger charge is -1.77. The van der Waals surface area contributed by atoms with Crippen molar-refractivity contribution in [3.05, 3.63) is 36.4 Å². The van der Waals surface area contributed by atoms with Gasteiger partial charge in [-0.3, -0.25) is 4.99 Å². The molecule has 0 aliphatic heterocycles. The maximum Gasteiger partial charge on any atom is 0.144 e. The van der Waals surface area contributed by atoms with E-state index in [1.165, 1.54) is 0 Å². The van der Waals surface area contributed by atoms with Crippen LogP contribution in [0.5, 0.6) is 0 Å². The van der Waals surface area contributed by atoms with Crippen molar-refractivity contribution in [3.8, 4) is 0 Å². The van der Waals surface area contributed by atoms with Crippen LogP contribution in [0.4, 0.5) is 0 Å². The van der Waals surface area contributed by atoms with E-state index in [1.807, 2.05) is 25.1 Å². The molecule has 0 aliphatic carbocycles. The summed E-state index contributed by atoms with van der Waals surface area (Å²) in [7, 11) is 0. The van der Waals surface area contributed by atoms with Gasteiger partial charge in [-0.2, -0.15) is 0 Å². The smallest absolute Gasteiger partial charge is 0.144 e. The highest BCUT2D eigenvalue weighted by Gasteiger charge is 1.84. The number of allylic oxidation sites excluding steroid dienone is 1. The highest BCUT2D eigenvalue weighted by Crippen LogP contribution is 1.94. The molecule has 2 nitrogen and oxygen atoms in total. The predicted octanol–water partition coefficient (Wildman–Crippen LogP) is 2.23. The molecule has 0 radical (unpaired) electrons. The van der Waals surface area contributed by atoms with E-state index in [-0.39, 0.29) is 0 Å². The van der Waals surface area contributed by atoms with E-state index in [9.17, 15) is 0 Å². The van der Waals surface area contributed by atoms with Gasteiger partial charge in [0.2, 0.25) is 0 Å². The Hall–Kier alpha value is -1.31. The van der Waals surface area contributed by atoms with E-state index in [2.05, 4.69) is 4.99 Å². The van der Waals surface area contributed by atoms with Gasteiger partial charge in [0.15, 0.2) is 0 Å². The summed E-state index contributed by atoms with van der Waals surface area (Å²) in [5.41, 5.74) is 0. The van der Waals surface area contributed by atoms with Gasteiger partial charge in [0, 0.05) is 6.20 Å². The van der Waals surface area contributed by atoms with Crippen molar-refractivity contribution in [3.63, 3.8) is 0 Å². The molecule has 0 unspecified atom stereocenters. The number of nitrogens with zero attached hydrogens (tertiary/aromatic N) is 1. The van der Waals surface area contributed by atoms with Gasteiger partial charge < -0.3 is 4.42 Å². The second kappa shape index (κ2) is 3.67. The fraction of sp³-hybridized carbons (Fsp3) is 0.125. The van der Waals surface area contributed by atoms with Crippen molar-refractivity contribution in [2.45, 2.75) is 6.92 Å². The molecule has 0 atom stereocenters. The number of aliphatic imine (C=N–C) groups is 1. The van der Waals surface area contributed by atoms with E-state index >= 15 is 0 Å². The van der Waals surface area contributed by atoms with Crippen molar-refractivity contribution in [1.29, 1.82) is 0 Å². The van der Waals surface area contributed by atoms with Gasteiger partial charge >= 0.3 is 0 Å². The van der Waals surface area contributed by atoms with Gasteiger partial charge in [-0.15, -0.1) is 0 Å². The molecular weight excluding hydrogens is 126 g/mol. The van der Waals surface area contributed by atoms with E-state index < -0.39 is 0 Å². The molecule has 0 bridgehead atoms. The van der Waals surface area contributed by atoms with Crippen LogP contribution < -0.4 is 0 Å². The lowest BCUT2D eigenvalue weighted by Crippen LogP contribution is -1.69. The molecule has 1 heterocycles. The molecule has 1 aromatic rings. The van der Waals surface area contributed by atoms with Crippen LogP contribution in [-0.2, 0) is 0 Å². The molecule has 0 saturated heterocycles. The van der Waals surface area contributed by atoms with Crippen molar-refractivity contribution >= 4 is 6.21 Å². The van der Waals surface area contributed by atoms with E-state index in [1.54, 1.807) is 18.7 Å². The molecule has 0 saturated carbocycles. The minimum absolute atomic E-state index is 0.776. The standard InChI is InChI=1S/C8H9NO/c1-2-5-9-7-8-4-3-6-10-8/h2-7H,1H3/b5-2+,9-7?. The Labute approximate surface area is 59.9 Å². The molecule has 1 rings (SSSR count). The Morgan fingerprint density at radius 2 is 2.50 bits per heavy atom. The van der Waals surface area contributed by atoms with E-state index in [0.717, 1.165) is 5.76 Å². The summed E-state index contributed by atoms with van der Waals surface area (Å²) >= 11 is 0. The third-order valence-electron chi connectivity index (χ3n) is 0.980. The zero-order chi connectivity index (χ0) is 7.23. The zero-order valence-electron chi connectivity index (χ0n) is 5.82. The Morgan fingerprint density at radius 1 is 1.60 bits per heavy atom. The normalized spacial score (nSPS) is 11.7. The van der Waals surface area contributed by atoms with Crippen LogP contribution in [0.25, 0.3) is 0 Å². The average Bonchev–Trinajstić information content (AvgIpc) is 2.41. The molecule has 0 amide bonds. The van der Waals surface area contributed by atoms with Gasteiger partial charge in [-0.1, -0.05) is 6.08 Å². The summed E-state index contributed by atoms with van der Waals surface area (Å²) in [5, 5.41) is 0. The molecule has 0 fully saturated rings. The van der Waals surface area contributed by atoms with E-state index in [4.69, 9.17) is 4.42 Å². The summed E-state index contributed by atoms with van der Waals surface area (Å²) < 4.78 is 5.00. The summed E-state index contributed by atoms with van der Waals surface area (Å²) in [4.78, 5) is 3.93. The first-order valence-corrected chi connectivity index (χ1v) is 3.11. The zero-order valence-corrected chi connectivity index (χ0v) is 5.82. The van der Waals surface area contributed by atoms with Gasteiger partial charge in [-0.25, -0.2) is 0 Å². The van der Waals surface area contributed by atoms with Crippen LogP contribution >= 0.6 is 0 Å². The summed E-state index contributed by atoms with van der Waals surface area (Å²) in [6.07, 6.45) is 6.86.